The third kappa shape index (κ3) is 8.48. The molecule has 0 saturated heterocycles. The molecule has 1 aliphatic rings. The largest absolute Gasteiger partial charge is 0.481 e. The van der Waals surface area contributed by atoms with Crippen molar-refractivity contribution in [2.45, 2.75) is 77.7 Å². The molecule has 2 N–H and O–H groups in total. The number of carboxylic acid groups (broad SMARTS) is 1. The van der Waals surface area contributed by atoms with Crippen molar-refractivity contribution in [1.82, 2.24) is 0 Å². The molecule has 4 heteroatoms. The van der Waals surface area contributed by atoms with Gasteiger partial charge in [-0.15, -0.1) is 0 Å². The number of aliphatic carboxylic acids is 1. The quantitative estimate of drug-likeness (QED) is 0.401. The fraction of sp³-hybridized carbons (Fsp3) is 0.714. The monoisotopic (exact) mass is 350 g/mol. The first-order chi connectivity index (χ1) is 12.0. The third-order valence-corrected chi connectivity index (χ3v) is 5.12. The molecule has 25 heavy (non-hydrogen) atoms. The molecular weight excluding hydrogens is 316 g/mol. The number of hydrogen-bond acceptors (Lipinski definition) is 3. The van der Waals surface area contributed by atoms with Gasteiger partial charge in [0.2, 0.25) is 0 Å². The summed E-state index contributed by atoms with van der Waals surface area (Å²) in [5.41, 5.74) is 0. The highest BCUT2D eigenvalue weighted by Gasteiger charge is 2.32. The molecule has 0 bridgehead atoms. The highest BCUT2D eigenvalue weighted by atomic mass is 16.4. The molecule has 1 aliphatic carbocycles. The minimum atomic E-state index is -0.767. The highest BCUT2D eigenvalue weighted by Crippen LogP contribution is 2.33. The van der Waals surface area contributed by atoms with Gasteiger partial charge in [0.15, 0.2) is 0 Å². The molecule has 0 amide bonds. The van der Waals surface area contributed by atoms with Crippen LogP contribution in [-0.4, -0.2) is 28.1 Å². The zero-order valence-electron chi connectivity index (χ0n) is 15.7. The van der Waals surface area contributed by atoms with Crippen molar-refractivity contribution < 1.29 is 19.8 Å². The average Bonchev–Trinajstić information content (AvgIpc) is 2.93. The van der Waals surface area contributed by atoms with Gasteiger partial charge in [0.1, 0.15) is 5.78 Å². The molecule has 4 atom stereocenters. The Balaban J connectivity index is 2.44. The van der Waals surface area contributed by atoms with Crippen molar-refractivity contribution in [1.29, 1.82) is 0 Å². The second-order valence-electron chi connectivity index (χ2n) is 7.26. The van der Waals surface area contributed by atoms with E-state index in [1.807, 2.05) is 24.3 Å². The molecule has 0 aromatic carbocycles. The lowest BCUT2D eigenvalue weighted by Crippen LogP contribution is -2.16. The molecule has 0 radical (unpaired) electrons. The molecule has 0 spiro atoms. The summed E-state index contributed by atoms with van der Waals surface area (Å²) < 4.78 is 0. The van der Waals surface area contributed by atoms with Crippen LogP contribution >= 0.6 is 0 Å². The van der Waals surface area contributed by atoms with Crippen LogP contribution in [0, 0.1) is 17.8 Å². The Hall–Kier alpha value is -1.42. The molecule has 0 aliphatic heterocycles. The highest BCUT2D eigenvalue weighted by molar-refractivity contribution is 5.83. The van der Waals surface area contributed by atoms with E-state index in [9.17, 15) is 14.7 Å². The maximum absolute atomic E-state index is 12.1. The summed E-state index contributed by atoms with van der Waals surface area (Å²) in [6, 6.07) is 0. The number of hydrogen-bond donors (Lipinski definition) is 2. The van der Waals surface area contributed by atoms with E-state index in [1.165, 1.54) is 0 Å². The van der Waals surface area contributed by atoms with Crippen LogP contribution in [0.25, 0.3) is 0 Å². The van der Waals surface area contributed by atoms with Crippen LogP contribution in [0.15, 0.2) is 24.3 Å². The van der Waals surface area contributed by atoms with Gasteiger partial charge >= 0.3 is 5.97 Å². The number of rotatable bonds is 12. The minimum absolute atomic E-state index is 0.00474. The Morgan fingerprint density at radius 3 is 2.76 bits per heavy atom. The van der Waals surface area contributed by atoms with E-state index in [-0.39, 0.29) is 24.2 Å². The molecule has 1 fully saturated rings. The van der Waals surface area contributed by atoms with Gasteiger partial charge in [-0.3, -0.25) is 9.59 Å². The second kappa shape index (κ2) is 12.0. The predicted octanol–water partition coefficient (Wildman–Crippen LogP) is 4.53. The van der Waals surface area contributed by atoms with Gasteiger partial charge in [0, 0.05) is 18.8 Å². The molecule has 4 unspecified atom stereocenters. The fourth-order valence-electron chi connectivity index (χ4n) is 3.35. The molecular formula is C21H34O4. The SMILES string of the molecule is CCCCC(C)C(O)C=CC1CCC(=O)C1CC=CCCCC(=O)O. The van der Waals surface area contributed by atoms with Crippen LogP contribution in [-0.2, 0) is 9.59 Å². The van der Waals surface area contributed by atoms with Gasteiger partial charge in [0.25, 0.3) is 0 Å². The van der Waals surface area contributed by atoms with E-state index >= 15 is 0 Å². The number of carboxylic acids is 1. The Kier molecular flexibility index (Phi) is 10.4. The van der Waals surface area contributed by atoms with Gasteiger partial charge in [-0.05, 0) is 43.9 Å². The van der Waals surface area contributed by atoms with Crippen molar-refractivity contribution in [2.75, 3.05) is 0 Å². The van der Waals surface area contributed by atoms with Crippen LogP contribution < -0.4 is 0 Å². The zero-order chi connectivity index (χ0) is 18.7. The zero-order valence-corrected chi connectivity index (χ0v) is 15.7. The summed E-state index contributed by atoms with van der Waals surface area (Å²) in [6.07, 6.45) is 14.5. The lowest BCUT2D eigenvalue weighted by atomic mass is 9.90. The normalized spacial score (nSPS) is 23.6. The smallest absolute Gasteiger partial charge is 0.303 e. The van der Waals surface area contributed by atoms with E-state index in [0.29, 0.717) is 25.0 Å². The lowest BCUT2D eigenvalue weighted by molar-refractivity contribution is -0.137. The Labute approximate surface area is 152 Å². The van der Waals surface area contributed by atoms with Gasteiger partial charge < -0.3 is 10.2 Å². The lowest BCUT2D eigenvalue weighted by Gasteiger charge is -2.17. The van der Waals surface area contributed by atoms with Crippen LogP contribution in [0.2, 0.25) is 0 Å². The summed E-state index contributed by atoms with van der Waals surface area (Å²) in [4.78, 5) is 22.6. The van der Waals surface area contributed by atoms with Crippen molar-refractivity contribution in [2.24, 2.45) is 17.8 Å². The summed E-state index contributed by atoms with van der Waals surface area (Å²) in [5, 5.41) is 18.8. The maximum Gasteiger partial charge on any atom is 0.303 e. The average molecular weight is 350 g/mol. The number of Topliss-reactive ketones (excluding diaryl/α,β-unsaturated/α-hetero) is 1. The fourth-order valence-corrected chi connectivity index (χ4v) is 3.35. The first-order valence-electron chi connectivity index (χ1n) is 9.71. The summed E-state index contributed by atoms with van der Waals surface area (Å²) >= 11 is 0. The second-order valence-corrected chi connectivity index (χ2v) is 7.26. The Morgan fingerprint density at radius 2 is 2.08 bits per heavy atom. The van der Waals surface area contributed by atoms with Gasteiger partial charge in [-0.1, -0.05) is 51.0 Å². The number of aliphatic hydroxyl groups excluding tert-OH is 1. The van der Waals surface area contributed by atoms with Crippen molar-refractivity contribution >= 4 is 11.8 Å². The standard InChI is InChI=1S/C21H34O4/c1-3-4-9-16(2)19(22)14-12-17-13-15-20(23)18(17)10-7-5-6-8-11-21(24)25/h5,7,12,14,16-19,22H,3-4,6,8-11,13,15H2,1-2H3,(H,24,25). The number of carbonyl (C=O) groups is 2. The number of ketones is 1. The maximum atomic E-state index is 12.1. The Bertz CT molecular complexity index is 467. The first kappa shape index (κ1) is 21.6. The molecule has 1 saturated carbocycles. The molecule has 1 rings (SSSR count). The number of allylic oxidation sites excluding steroid dienone is 3. The van der Waals surface area contributed by atoms with E-state index in [1.54, 1.807) is 0 Å². The van der Waals surface area contributed by atoms with Crippen LogP contribution in [0.4, 0.5) is 0 Å². The topological polar surface area (TPSA) is 74.6 Å². The summed E-state index contributed by atoms with van der Waals surface area (Å²) in [7, 11) is 0. The summed E-state index contributed by atoms with van der Waals surface area (Å²) in [5.74, 6) is 0.00449. The molecule has 142 valence electrons. The minimum Gasteiger partial charge on any atom is -0.481 e. The van der Waals surface area contributed by atoms with Crippen molar-refractivity contribution in [3.05, 3.63) is 24.3 Å². The number of aliphatic hydroxyl groups is 1. The van der Waals surface area contributed by atoms with Gasteiger partial charge in [0.05, 0.1) is 6.10 Å². The van der Waals surface area contributed by atoms with E-state index in [4.69, 9.17) is 5.11 Å². The predicted molar refractivity (Wildman–Crippen MR) is 100 cm³/mol. The van der Waals surface area contributed by atoms with Gasteiger partial charge in [-0.25, -0.2) is 0 Å². The first-order valence-corrected chi connectivity index (χ1v) is 9.71. The molecule has 0 aromatic heterocycles. The van der Waals surface area contributed by atoms with E-state index in [2.05, 4.69) is 13.8 Å². The van der Waals surface area contributed by atoms with Gasteiger partial charge in [-0.2, -0.15) is 0 Å². The number of carbonyl (C=O) groups excluding carboxylic acids is 1. The summed E-state index contributed by atoms with van der Waals surface area (Å²) in [6.45, 7) is 4.22. The van der Waals surface area contributed by atoms with Crippen LogP contribution in [0.1, 0.15) is 71.6 Å². The van der Waals surface area contributed by atoms with Crippen molar-refractivity contribution in [3.8, 4) is 0 Å². The third-order valence-electron chi connectivity index (χ3n) is 5.12. The van der Waals surface area contributed by atoms with E-state index < -0.39 is 12.1 Å². The Morgan fingerprint density at radius 1 is 1.32 bits per heavy atom. The number of unbranched alkanes of at least 4 members (excludes halogenated alkanes) is 2. The van der Waals surface area contributed by atoms with Crippen LogP contribution in [0.5, 0.6) is 0 Å². The molecule has 0 heterocycles. The van der Waals surface area contributed by atoms with Crippen LogP contribution in [0.3, 0.4) is 0 Å². The molecule has 0 aromatic rings. The van der Waals surface area contributed by atoms with Crippen molar-refractivity contribution in [3.63, 3.8) is 0 Å². The molecule has 4 nitrogen and oxygen atoms in total. The van der Waals surface area contributed by atoms with E-state index in [0.717, 1.165) is 32.1 Å².